The fraction of sp³-hybridized carbons (Fsp3) is 0.500. The lowest BCUT2D eigenvalue weighted by Crippen LogP contribution is -2.17. The average molecular weight is 277 g/mol. The van der Waals surface area contributed by atoms with Crippen LogP contribution in [0.5, 0.6) is 0 Å². The summed E-state index contributed by atoms with van der Waals surface area (Å²) in [5.74, 6) is 0.256. The van der Waals surface area contributed by atoms with Crippen molar-refractivity contribution in [3.05, 3.63) is 29.8 Å². The van der Waals surface area contributed by atoms with E-state index in [9.17, 15) is 13.2 Å². The van der Waals surface area contributed by atoms with Crippen LogP contribution in [0.2, 0.25) is 0 Å². The third kappa shape index (κ3) is 3.40. The van der Waals surface area contributed by atoms with E-state index in [0.29, 0.717) is 13.2 Å². The third-order valence-electron chi connectivity index (χ3n) is 2.96. The number of ether oxygens (including phenoxy) is 1. The monoisotopic (exact) mass is 277 g/mol. The zero-order valence-electron chi connectivity index (χ0n) is 9.61. The van der Waals surface area contributed by atoms with Gasteiger partial charge in [0.05, 0.1) is 6.10 Å². The van der Waals surface area contributed by atoms with E-state index in [1.54, 1.807) is 12.1 Å². The van der Waals surface area contributed by atoms with Gasteiger partial charge in [0.25, 0.3) is 0 Å². The molecule has 2 rings (SSSR count). The lowest BCUT2D eigenvalue weighted by atomic mass is 9.96. The first kappa shape index (κ1) is 13.7. The van der Waals surface area contributed by atoms with Gasteiger partial charge in [-0.1, -0.05) is 12.1 Å². The Hall–Kier alpha value is -0.720. The van der Waals surface area contributed by atoms with Crippen molar-refractivity contribution in [3.8, 4) is 0 Å². The molecule has 1 fully saturated rings. The van der Waals surface area contributed by atoms with Crippen molar-refractivity contribution in [1.29, 1.82) is 0 Å². The second-order valence-electron chi connectivity index (χ2n) is 4.19. The first-order valence-electron chi connectivity index (χ1n) is 5.67. The van der Waals surface area contributed by atoms with Crippen molar-refractivity contribution in [3.63, 3.8) is 0 Å². The van der Waals surface area contributed by atoms with Crippen LogP contribution in [0.1, 0.15) is 18.1 Å². The van der Waals surface area contributed by atoms with Gasteiger partial charge in [-0.25, -0.2) is 0 Å². The van der Waals surface area contributed by atoms with E-state index in [1.807, 2.05) is 0 Å². The molecule has 1 aliphatic heterocycles. The van der Waals surface area contributed by atoms with Crippen molar-refractivity contribution < 1.29 is 17.9 Å². The molecule has 0 amide bonds. The zero-order valence-corrected chi connectivity index (χ0v) is 10.4. The van der Waals surface area contributed by atoms with Crippen LogP contribution in [0.15, 0.2) is 29.2 Å². The Bertz CT molecular complexity index is 393. The summed E-state index contributed by atoms with van der Waals surface area (Å²) in [5, 5.41) is 0. The molecule has 0 radical (unpaired) electrons. The molecule has 1 heterocycles. The van der Waals surface area contributed by atoms with Crippen LogP contribution in [0.25, 0.3) is 0 Å². The summed E-state index contributed by atoms with van der Waals surface area (Å²) in [4.78, 5) is 0.188. The molecule has 0 spiro atoms. The molecule has 2 nitrogen and oxygen atoms in total. The number of rotatable bonds is 3. The fourth-order valence-electron chi connectivity index (χ4n) is 2.10. The van der Waals surface area contributed by atoms with Gasteiger partial charge in [0.2, 0.25) is 0 Å². The standard InChI is InChI=1S/C12H14F3NOS/c13-12(14,15)18-10-3-1-8(2-4-10)11-9(7-16)5-6-17-11/h1-4,9,11H,5-7,16H2. The normalized spacial score (nSPS) is 24.4. The van der Waals surface area contributed by atoms with Gasteiger partial charge < -0.3 is 10.5 Å². The van der Waals surface area contributed by atoms with E-state index in [1.165, 1.54) is 12.1 Å². The summed E-state index contributed by atoms with van der Waals surface area (Å²) < 4.78 is 42.1. The van der Waals surface area contributed by atoms with Gasteiger partial charge in [-0.3, -0.25) is 0 Å². The molecule has 100 valence electrons. The van der Waals surface area contributed by atoms with Gasteiger partial charge in [0.15, 0.2) is 0 Å². The van der Waals surface area contributed by atoms with Gasteiger partial charge in [-0.05, 0) is 42.4 Å². The lowest BCUT2D eigenvalue weighted by Gasteiger charge is -2.17. The first-order valence-corrected chi connectivity index (χ1v) is 6.48. The number of hydrogen-bond donors (Lipinski definition) is 1. The minimum absolute atomic E-state index is 0.0834. The molecule has 1 saturated heterocycles. The Morgan fingerprint density at radius 2 is 1.94 bits per heavy atom. The van der Waals surface area contributed by atoms with E-state index < -0.39 is 5.51 Å². The largest absolute Gasteiger partial charge is 0.446 e. The van der Waals surface area contributed by atoms with Crippen LogP contribution >= 0.6 is 11.8 Å². The highest BCUT2D eigenvalue weighted by atomic mass is 32.2. The van der Waals surface area contributed by atoms with Gasteiger partial charge >= 0.3 is 5.51 Å². The van der Waals surface area contributed by atoms with Crippen molar-refractivity contribution in [1.82, 2.24) is 0 Å². The molecule has 18 heavy (non-hydrogen) atoms. The van der Waals surface area contributed by atoms with Gasteiger partial charge in [0.1, 0.15) is 0 Å². The third-order valence-corrected chi connectivity index (χ3v) is 3.70. The number of hydrogen-bond acceptors (Lipinski definition) is 3. The molecule has 2 unspecified atom stereocenters. The van der Waals surface area contributed by atoms with Crippen molar-refractivity contribution in [2.24, 2.45) is 11.7 Å². The molecule has 6 heteroatoms. The molecule has 2 N–H and O–H groups in total. The molecular weight excluding hydrogens is 263 g/mol. The maximum absolute atomic E-state index is 12.2. The number of alkyl halides is 3. The van der Waals surface area contributed by atoms with Crippen molar-refractivity contribution in [2.45, 2.75) is 22.9 Å². The summed E-state index contributed by atoms with van der Waals surface area (Å²) >= 11 is -0.107. The van der Waals surface area contributed by atoms with E-state index in [4.69, 9.17) is 10.5 Å². The summed E-state index contributed by atoms with van der Waals surface area (Å²) in [5.41, 5.74) is 2.29. The molecule has 0 saturated carbocycles. The Morgan fingerprint density at radius 1 is 1.28 bits per heavy atom. The van der Waals surface area contributed by atoms with Crippen LogP contribution in [-0.4, -0.2) is 18.7 Å². The number of benzene rings is 1. The van der Waals surface area contributed by atoms with Crippen LogP contribution in [0, 0.1) is 5.92 Å². The Balaban J connectivity index is 2.08. The minimum Gasteiger partial charge on any atom is -0.373 e. The highest BCUT2D eigenvalue weighted by Gasteiger charge is 2.30. The van der Waals surface area contributed by atoms with Crippen LogP contribution < -0.4 is 5.73 Å². The number of nitrogens with two attached hydrogens (primary N) is 1. The maximum Gasteiger partial charge on any atom is 0.446 e. The molecule has 2 atom stereocenters. The second-order valence-corrected chi connectivity index (χ2v) is 5.33. The van der Waals surface area contributed by atoms with Crippen LogP contribution in [0.4, 0.5) is 13.2 Å². The SMILES string of the molecule is NCC1CCOC1c1ccc(SC(F)(F)F)cc1. The molecule has 0 aromatic heterocycles. The van der Waals surface area contributed by atoms with E-state index >= 15 is 0 Å². The maximum atomic E-state index is 12.2. The Morgan fingerprint density at radius 3 is 2.50 bits per heavy atom. The van der Waals surface area contributed by atoms with Gasteiger partial charge in [-0.2, -0.15) is 13.2 Å². The smallest absolute Gasteiger partial charge is 0.373 e. The van der Waals surface area contributed by atoms with Crippen LogP contribution in [-0.2, 0) is 4.74 Å². The highest BCUT2D eigenvalue weighted by Crippen LogP contribution is 2.38. The van der Waals surface area contributed by atoms with Crippen molar-refractivity contribution >= 4 is 11.8 Å². The van der Waals surface area contributed by atoms with Crippen LogP contribution in [0.3, 0.4) is 0 Å². The van der Waals surface area contributed by atoms with E-state index in [2.05, 4.69) is 0 Å². The van der Waals surface area contributed by atoms with Crippen molar-refractivity contribution in [2.75, 3.05) is 13.2 Å². The summed E-state index contributed by atoms with van der Waals surface area (Å²) in [6, 6.07) is 6.32. The summed E-state index contributed by atoms with van der Waals surface area (Å²) in [6.07, 6.45) is 0.820. The Kier molecular flexibility index (Phi) is 4.19. The number of thioether (sulfide) groups is 1. The predicted molar refractivity (Wildman–Crippen MR) is 64.2 cm³/mol. The number of halogens is 3. The lowest BCUT2D eigenvalue weighted by molar-refractivity contribution is -0.0328. The summed E-state index contributed by atoms with van der Waals surface area (Å²) in [6.45, 7) is 1.19. The molecule has 1 aromatic rings. The van der Waals surface area contributed by atoms with Gasteiger partial charge in [0, 0.05) is 17.4 Å². The molecule has 0 bridgehead atoms. The fourth-order valence-corrected chi connectivity index (χ4v) is 2.64. The molecular formula is C12H14F3NOS. The quantitative estimate of drug-likeness (QED) is 0.861. The van der Waals surface area contributed by atoms with E-state index in [0.717, 1.165) is 12.0 Å². The summed E-state index contributed by atoms with van der Waals surface area (Å²) in [7, 11) is 0. The highest BCUT2D eigenvalue weighted by molar-refractivity contribution is 8.00. The predicted octanol–water partition coefficient (Wildman–Crippen LogP) is 3.33. The first-order chi connectivity index (χ1) is 8.49. The van der Waals surface area contributed by atoms with Gasteiger partial charge in [-0.15, -0.1) is 0 Å². The molecule has 0 aliphatic carbocycles. The molecule has 1 aliphatic rings. The zero-order chi connectivity index (χ0) is 13.2. The Labute approximate surface area is 108 Å². The average Bonchev–Trinajstić information content (AvgIpc) is 2.76. The second kappa shape index (κ2) is 5.50. The minimum atomic E-state index is -4.24. The van der Waals surface area contributed by atoms with E-state index in [-0.39, 0.29) is 28.7 Å². The topological polar surface area (TPSA) is 35.2 Å². The molecule has 1 aromatic carbocycles.